The first-order chi connectivity index (χ1) is 9.67. The fourth-order valence-electron chi connectivity index (χ4n) is 2.09. The van der Waals surface area contributed by atoms with Crippen LogP contribution in [0.25, 0.3) is 10.8 Å². The highest BCUT2D eigenvalue weighted by atomic mass is 19.1. The van der Waals surface area contributed by atoms with Gasteiger partial charge in [-0.15, -0.1) is 0 Å². The molecule has 0 aliphatic carbocycles. The first-order valence-electron chi connectivity index (χ1n) is 7.05. The van der Waals surface area contributed by atoms with E-state index in [0.29, 0.717) is 24.2 Å². The molecule has 0 atom stereocenters. The zero-order valence-corrected chi connectivity index (χ0v) is 11.9. The van der Waals surface area contributed by atoms with Gasteiger partial charge < -0.3 is 9.15 Å². The maximum atomic E-state index is 14.3. The molecule has 0 fully saturated rings. The van der Waals surface area contributed by atoms with Crippen LogP contribution in [0.2, 0.25) is 0 Å². The monoisotopic (exact) mass is 278 g/mol. The molecule has 0 bridgehead atoms. The summed E-state index contributed by atoms with van der Waals surface area (Å²) in [6.45, 7) is 4.42. The predicted octanol–water partition coefficient (Wildman–Crippen LogP) is 4.06. The lowest BCUT2D eigenvalue weighted by Gasteiger charge is -2.08. The molecule has 0 amide bonds. The number of hydrogen-bond donors (Lipinski definition) is 0. The minimum Gasteiger partial charge on any atom is -0.490 e. The molecule has 0 spiro atoms. The molecular formula is C16H19FO3. The molecule has 0 aliphatic rings. The van der Waals surface area contributed by atoms with Crippen molar-refractivity contribution in [1.82, 2.24) is 0 Å². The van der Waals surface area contributed by atoms with E-state index in [1.807, 2.05) is 6.92 Å². The van der Waals surface area contributed by atoms with Crippen molar-refractivity contribution in [2.75, 3.05) is 6.61 Å². The Balaban J connectivity index is 2.33. The summed E-state index contributed by atoms with van der Waals surface area (Å²) in [5.41, 5.74) is -0.643. The van der Waals surface area contributed by atoms with Crippen molar-refractivity contribution in [3.05, 3.63) is 40.2 Å². The van der Waals surface area contributed by atoms with Crippen molar-refractivity contribution in [2.45, 2.75) is 39.5 Å². The van der Waals surface area contributed by atoms with E-state index >= 15 is 0 Å². The van der Waals surface area contributed by atoms with Gasteiger partial charge in [0.05, 0.1) is 6.61 Å². The molecule has 1 aromatic carbocycles. The molecule has 20 heavy (non-hydrogen) atoms. The average Bonchev–Trinajstić information content (AvgIpc) is 2.45. The summed E-state index contributed by atoms with van der Waals surface area (Å²) in [7, 11) is 0. The second-order valence-corrected chi connectivity index (χ2v) is 4.75. The second-order valence-electron chi connectivity index (χ2n) is 4.75. The van der Waals surface area contributed by atoms with E-state index in [-0.39, 0.29) is 11.1 Å². The van der Waals surface area contributed by atoms with Gasteiger partial charge in [-0.1, -0.05) is 32.8 Å². The Morgan fingerprint density at radius 1 is 1.25 bits per heavy atom. The average molecular weight is 278 g/mol. The molecular weight excluding hydrogens is 259 g/mol. The number of halogens is 1. The van der Waals surface area contributed by atoms with E-state index in [1.165, 1.54) is 0 Å². The minimum absolute atomic E-state index is 0.0322. The summed E-state index contributed by atoms with van der Waals surface area (Å²) >= 11 is 0. The maximum Gasteiger partial charge on any atom is 0.346 e. The van der Waals surface area contributed by atoms with Crippen LogP contribution < -0.4 is 10.4 Å². The Kier molecular flexibility index (Phi) is 4.77. The number of ether oxygens (including phenoxy) is 1. The van der Waals surface area contributed by atoms with Gasteiger partial charge in [-0.3, -0.25) is 0 Å². The maximum absolute atomic E-state index is 14.3. The fraction of sp³-hybridized carbons (Fsp3) is 0.438. The van der Waals surface area contributed by atoms with Crippen molar-refractivity contribution in [1.29, 1.82) is 0 Å². The van der Waals surface area contributed by atoms with Gasteiger partial charge in [0.15, 0.2) is 11.6 Å². The van der Waals surface area contributed by atoms with Crippen LogP contribution in [-0.2, 0) is 6.42 Å². The van der Waals surface area contributed by atoms with Gasteiger partial charge in [0.25, 0.3) is 0 Å². The second kappa shape index (κ2) is 6.55. The standard InChI is InChI=1S/C16H19FO3/c1-3-5-6-9-19-13-8-7-11-10-12(4-2)20-16(18)14(11)15(13)17/h7-8,10H,3-6,9H2,1-2H3. The molecule has 0 unspecified atom stereocenters. The summed E-state index contributed by atoms with van der Waals surface area (Å²) in [4.78, 5) is 11.8. The summed E-state index contributed by atoms with van der Waals surface area (Å²) in [5.74, 6) is 0.0408. The lowest BCUT2D eigenvalue weighted by molar-refractivity contribution is 0.292. The van der Waals surface area contributed by atoms with Gasteiger partial charge in [0.1, 0.15) is 11.1 Å². The van der Waals surface area contributed by atoms with Crippen LogP contribution in [0.5, 0.6) is 5.75 Å². The summed E-state index contributed by atoms with van der Waals surface area (Å²) < 4.78 is 24.8. The summed E-state index contributed by atoms with van der Waals surface area (Å²) in [5, 5.41) is 0.520. The largest absolute Gasteiger partial charge is 0.490 e. The molecule has 0 radical (unpaired) electrons. The predicted molar refractivity (Wildman–Crippen MR) is 76.8 cm³/mol. The van der Waals surface area contributed by atoms with E-state index < -0.39 is 11.4 Å². The molecule has 3 nitrogen and oxygen atoms in total. The number of hydrogen-bond acceptors (Lipinski definition) is 3. The smallest absolute Gasteiger partial charge is 0.346 e. The molecule has 0 aliphatic heterocycles. The molecule has 1 heterocycles. The Morgan fingerprint density at radius 2 is 2.05 bits per heavy atom. The zero-order valence-electron chi connectivity index (χ0n) is 11.9. The van der Waals surface area contributed by atoms with Crippen LogP contribution in [0.15, 0.2) is 27.4 Å². The van der Waals surface area contributed by atoms with Crippen LogP contribution in [0.3, 0.4) is 0 Å². The third-order valence-corrected chi connectivity index (χ3v) is 3.24. The van der Waals surface area contributed by atoms with Gasteiger partial charge in [-0.25, -0.2) is 9.18 Å². The van der Waals surface area contributed by atoms with Gasteiger partial charge in [-0.05, 0) is 23.9 Å². The van der Waals surface area contributed by atoms with Crippen molar-refractivity contribution in [2.24, 2.45) is 0 Å². The Morgan fingerprint density at radius 3 is 2.75 bits per heavy atom. The summed E-state index contributed by atoms with van der Waals surface area (Å²) in [6, 6.07) is 4.97. The molecule has 2 aromatic rings. The number of aryl methyl sites for hydroxylation is 1. The molecule has 0 saturated carbocycles. The van der Waals surface area contributed by atoms with Crippen molar-refractivity contribution < 1.29 is 13.5 Å². The highest BCUT2D eigenvalue weighted by Crippen LogP contribution is 2.25. The van der Waals surface area contributed by atoms with E-state index in [0.717, 1.165) is 19.3 Å². The Hall–Kier alpha value is -1.84. The highest BCUT2D eigenvalue weighted by molar-refractivity contribution is 5.83. The van der Waals surface area contributed by atoms with Gasteiger partial charge in [0, 0.05) is 6.42 Å². The van der Waals surface area contributed by atoms with E-state index in [4.69, 9.17) is 9.15 Å². The topological polar surface area (TPSA) is 39.4 Å². The Bertz CT molecular complexity index is 646. The zero-order chi connectivity index (χ0) is 14.5. The fourth-order valence-corrected chi connectivity index (χ4v) is 2.09. The molecule has 4 heteroatoms. The third kappa shape index (κ3) is 3.00. The summed E-state index contributed by atoms with van der Waals surface area (Å²) in [6.07, 6.45) is 3.59. The SMILES string of the molecule is CCCCCOc1ccc2cc(CC)oc(=O)c2c1F. The number of unbranched alkanes of at least 4 members (excludes halogenated alkanes) is 2. The number of fused-ring (bicyclic) bond motifs is 1. The van der Waals surface area contributed by atoms with Crippen LogP contribution in [-0.4, -0.2) is 6.61 Å². The normalized spacial score (nSPS) is 10.9. The van der Waals surface area contributed by atoms with Gasteiger partial charge in [-0.2, -0.15) is 0 Å². The minimum atomic E-state index is -0.643. The van der Waals surface area contributed by atoms with Crippen LogP contribution in [0, 0.1) is 5.82 Å². The number of benzene rings is 1. The molecule has 108 valence electrons. The van der Waals surface area contributed by atoms with Crippen LogP contribution >= 0.6 is 0 Å². The third-order valence-electron chi connectivity index (χ3n) is 3.24. The molecule has 0 saturated heterocycles. The van der Waals surface area contributed by atoms with Crippen molar-refractivity contribution >= 4 is 10.8 Å². The van der Waals surface area contributed by atoms with Crippen LogP contribution in [0.4, 0.5) is 4.39 Å². The lowest BCUT2D eigenvalue weighted by Crippen LogP contribution is -2.06. The van der Waals surface area contributed by atoms with Crippen LogP contribution in [0.1, 0.15) is 38.9 Å². The Labute approximate surface area is 117 Å². The van der Waals surface area contributed by atoms with Crippen molar-refractivity contribution in [3.8, 4) is 5.75 Å². The molecule has 1 aromatic heterocycles. The first-order valence-corrected chi connectivity index (χ1v) is 7.05. The molecule has 0 N–H and O–H groups in total. The van der Waals surface area contributed by atoms with Gasteiger partial charge >= 0.3 is 5.63 Å². The lowest BCUT2D eigenvalue weighted by atomic mass is 10.1. The first kappa shape index (κ1) is 14.6. The van der Waals surface area contributed by atoms with E-state index in [1.54, 1.807) is 18.2 Å². The van der Waals surface area contributed by atoms with Gasteiger partial charge in [0.2, 0.25) is 0 Å². The van der Waals surface area contributed by atoms with E-state index in [2.05, 4.69) is 6.92 Å². The quantitative estimate of drug-likeness (QED) is 0.748. The highest BCUT2D eigenvalue weighted by Gasteiger charge is 2.14. The number of rotatable bonds is 6. The molecule has 2 rings (SSSR count). The van der Waals surface area contributed by atoms with E-state index in [9.17, 15) is 9.18 Å². The van der Waals surface area contributed by atoms with Crippen molar-refractivity contribution in [3.63, 3.8) is 0 Å².